The van der Waals surface area contributed by atoms with Crippen LogP contribution in [-0.2, 0) is 9.53 Å². The highest BCUT2D eigenvalue weighted by molar-refractivity contribution is 5.80. The summed E-state index contributed by atoms with van der Waals surface area (Å²) in [7, 11) is 0. The molecule has 2 rings (SSSR count). The average Bonchev–Trinajstić information content (AvgIpc) is 3.08. The molecule has 1 saturated carbocycles. The molecule has 1 saturated heterocycles. The van der Waals surface area contributed by atoms with Gasteiger partial charge in [-0.05, 0) is 32.1 Å². The van der Waals surface area contributed by atoms with Gasteiger partial charge in [0, 0.05) is 19.2 Å². The summed E-state index contributed by atoms with van der Waals surface area (Å²) in [5.74, 6) is -0.953. The van der Waals surface area contributed by atoms with Gasteiger partial charge in [-0.2, -0.15) is 0 Å². The van der Waals surface area contributed by atoms with Gasteiger partial charge in [0.2, 0.25) is 0 Å². The summed E-state index contributed by atoms with van der Waals surface area (Å²) in [5, 5.41) is 11.8. The van der Waals surface area contributed by atoms with E-state index >= 15 is 0 Å². The molecule has 1 aliphatic heterocycles. The third kappa shape index (κ3) is 4.37. The number of nitrogens with zero attached hydrogens (tertiary/aromatic N) is 1. The number of urea groups is 1. The minimum absolute atomic E-state index is 0.0776. The van der Waals surface area contributed by atoms with E-state index in [-0.39, 0.29) is 24.7 Å². The maximum atomic E-state index is 12.2. The van der Waals surface area contributed by atoms with Gasteiger partial charge in [-0.1, -0.05) is 12.8 Å². The first-order valence-corrected chi connectivity index (χ1v) is 7.54. The van der Waals surface area contributed by atoms with Crippen LogP contribution in [0.2, 0.25) is 0 Å². The second-order valence-electron chi connectivity index (χ2n) is 5.62. The molecule has 20 heavy (non-hydrogen) atoms. The molecule has 0 aromatic rings. The van der Waals surface area contributed by atoms with Gasteiger partial charge in [0.15, 0.2) is 0 Å². The minimum atomic E-state index is -0.953. The number of ether oxygens (including phenoxy) is 1. The lowest BCUT2D eigenvalue weighted by Crippen LogP contribution is -2.48. The monoisotopic (exact) mass is 284 g/mol. The Balaban J connectivity index is 1.77. The van der Waals surface area contributed by atoms with Crippen molar-refractivity contribution in [2.24, 2.45) is 0 Å². The van der Waals surface area contributed by atoms with E-state index in [4.69, 9.17) is 9.84 Å². The predicted octanol–water partition coefficient (Wildman–Crippen LogP) is 1.59. The molecule has 1 atom stereocenters. The molecular weight excluding hydrogens is 260 g/mol. The average molecular weight is 284 g/mol. The number of hydrogen-bond donors (Lipinski definition) is 2. The van der Waals surface area contributed by atoms with Crippen LogP contribution < -0.4 is 5.32 Å². The number of aliphatic carboxylic acids is 1. The Morgan fingerprint density at radius 1 is 1.20 bits per heavy atom. The second-order valence-corrected chi connectivity index (χ2v) is 5.62. The molecule has 0 spiro atoms. The molecule has 2 aliphatic rings. The molecule has 6 heteroatoms. The van der Waals surface area contributed by atoms with Gasteiger partial charge in [-0.3, -0.25) is 4.79 Å². The number of carboxylic acid groups (broad SMARTS) is 1. The van der Waals surface area contributed by atoms with Crippen LogP contribution in [0.5, 0.6) is 0 Å². The fraction of sp³-hybridized carbons (Fsp3) is 0.857. The molecule has 0 aromatic carbocycles. The number of nitrogens with one attached hydrogen (secondary N) is 1. The lowest BCUT2D eigenvalue weighted by atomic mass is 10.2. The van der Waals surface area contributed by atoms with E-state index in [9.17, 15) is 9.59 Å². The normalized spacial score (nSPS) is 22.9. The molecule has 0 bridgehead atoms. The van der Waals surface area contributed by atoms with Gasteiger partial charge in [0.25, 0.3) is 0 Å². The van der Waals surface area contributed by atoms with Crippen LogP contribution in [0.25, 0.3) is 0 Å². The van der Waals surface area contributed by atoms with E-state index in [0.29, 0.717) is 6.54 Å². The van der Waals surface area contributed by atoms with Crippen molar-refractivity contribution in [3.63, 3.8) is 0 Å². The number of carbonyl (C=O) groups is 2. The van der Waals surface area contributed by atoms with Crippen molar-refractivity contribution < 1.29 is 19.4 Å². The maximum Gasteiger partial charge on any atom is 0.323 e. The van der Waals surface area contributed by atoms with E-state index in [1.165, 1.54) is 4.90 Å². The summed E-state index contributed by atoms with van der Waals surface area (Å²) in [5.41, 5.74) is 0. The topological polar surface area (TPSA) is 78.9 Å². The molecule has 0 radical (unpaired) electrons. The van der Waals surface area contributed by atoms with Crippen LogP contribution in [0.15, 0.2) is 0 Å². The Morgan fingerprint density at radius 2 is 1.95 bits per heavy atom. The van der Waals surface area contributed by atoms with Gasteiger partial charge < -0.3 is 20.1 Å². The zero-order chi connectivity index (χ0) is 14.4. The van der Waals surface area contributed by atoms with Crippen molar-refractivity contribution in [1.82, 2.24) is 10.2 Å². The molecule has 2 amide bonds. The van der Waals surface area contributed by atoms with Crippen molar-refractivity contribution in [2.45, 2.75) is 57.1 Å². The number of carbonyl (C=O) groups excluding carboxylic acids is 1. The Bertz CT molecular complexity index is 336. The Hall–Kier alpha value is -1.30. The van der Waals surface area contributed by atoms with Crippen molar-refractivity contribution in [3.8, 4) is 0 Å². The van der Waals surface area contributed by atoms with Crippen molar-refractivity contribution in [3.05, 3.63) is 0 Å². The quantitative estimate of drug-likeness (QED) is 0.776. The van der Waals surface area contributed by atoms with Crippen LogP contribution in [0.3, 0.4) is 0 Å². The first-order chi connectivity index (χ1) is 9.66. The van der Waals surface area contributed by atoms with Crippen LogP contribution >= 0.6 is 0 Å². The van der Waals surface area contributed by atoms with Crippen molar-refractivity contribution >= 4 is 12.0 Å². The van der Waals surface area contributed by atoms with Crippen LogP contribution in [0.4, 0.5) is 4.79 Å². The minimum Gasteiger partial charge on any atom is -0.480 e. The molecule has 1 aliphatic carbocycles. The lowest BCUT2D eigenvalue weighted by molar-refractivity contribution is -0.138. The second kappa shape index (κ2) is 7.47. The highest BCUT2D eigenvalue weighted by Gasteiger charge is 2.28. The summed E-state index contributed by atoms with van der Waals surface area (Å²) in [4.78, 5) is 24.5. The zero-order valence-electron chi connectivity index (χ0n) is 11.8. The highest BCUT2D eigenvalue weighted by atomic mass is 16.5. The standard InChI is InChI=1S/C14H24N2O4/c17-13(18)10-16(11-4-1-2-5-11)14(19)15-8-7-12-6-3-9-20-12/h11-12H,1-10H2,(H,15,19)(H,17,18). The molecule has 1 unspecified atom stereocenters. The Kier molecular flexibility index (Phi) is 5.64. The zero-order valence-corrected chi connectivity index (χ0v) is 11.8. The van der Waals surface area contributed by atoms with Crippen LogP contribution in [0, 0.1) is 0 Å². The SMILES string of the molecule is O=C(O)CN(C(=O)NCCC1CCCO1)C1CCCC1. The summed E-state index contributed by atoms with van der Waals surface area (Å²) >= 11 is 0. The first-order valence-electron chi connectivity index (χ1n) is 7.54. The third-order valence-electron chi connectivity index (χ3n) is 4.10. The van der Waals surface area contributed by atoms with Gasteiger partial charge in [-0.15, -0.1) is 0 Å². The fourth-order valence-electron chi connectivity index (χ4n) is 3.04. The number of hydrogen-bond acceptors (Lipinski definition) is 3. The van der Waals surface area contributed by atoms with Gasteiger partial charge in [-0.25, -0.2) is 4.79 Å². The molecule has 6 nitrogen and oxygen atoms in total. The Labute approximate surface area is 119 Å². The number of amides is 2. The number of carboxylic acids is 1. The van der Waals surface area contributed by atoms with E-state index in [2.05, 4.69) is 5.32 Å². The number of rotatable bonds is 6. The molecule has 1 heterocycles. The van der Waals surface area contributed by atoms with Gasteiger partial charge >= 0.3 is 12.0 Å². The summed E-state index contributed by atoms with van der Waals surface area (Å²) in [6.45, 7) is 1.15. The van der Waals surface area contributed by atoms with Gasteiger partial charge in [0.1, 0.15) is 6.54 Å². The molecule has 0 aromatic heterocycles. The van der Waals surface area contributed by atoms with E-state index in [1.807, 2.05) is 0 Å². The summed E-state index contributed by atoms with van der Waals surface area (Å²) in [6, 6.07) is -0.175. The Morgan fingerprint density at radius 3 is 2.55 bits per heavy atom. The van der Waals surface area contributed by atoms with Crippen molar-refractivity contribution in [1.29, 1.82) is 0 Å². The fourth-order valence-corrected chi connectivity index (χ4v) is 3.04. The third-order valence-corrected chi connectivity index (χ3v) is 4.10. The molecular formula is C14H24N2O4. The van der Waals surface area contributed by atoms with E-state index in [1.54, 1.807) is 0 Å². The lowest BCUT2D eigenvalue weighted by Gasteiger charge is -2.27. The van der Waals surface area contributed by atoms with E-state index in [0.717, 1.165) is 51.6 Å². The molecule has 2 fully saturated rings. The summed E-state index contributed by atoms with van der Waals surface area (Å²) < 4.78 is 5.50. The summed E-state index contributed by atoms with van der Waals surface area (Å²) in [6.07, 6.45) is 7.16. The molecule has 114 valence electrons. The maximum absolute atomic E-state index is 12.2. The smallest absolute Gasteiger partial charge is 0.323 e. The van der Waals surface area contributed by atoms with Gasteiger partial charge in [0.05, 0.1) is 6.10 Å². The van der Waals surface area contributed by atoms with Crippen LogP contribution in [0.1, 0.15) is 44.9 Å². The largest absolute Gasteiger partial charge is 0.480 e. The van der Waals surface area contributed by atoms with E-state index < -0.39 is 5.97 Å². The van der Waals surface area contributed by atoms with Crippen LogP contribution in [-0.4, -0.2) is 53.8 Å². The highest BCUT2D eigenvalue weighted by Crippen LogP contribution is 2.23. The first kappa shape index (κ1) is 15.1. The molecule has 2 N–H and O–H groups in total. The predicted molar refractivity (Wildman–Crippen MR) is 73.6 cm³/mol. The van der Waals surface area contributed by atoms with Crippen molar-refractivity contribution in [2.75, 3.05) is 19.7 Å².